The standard InChI is InChI=1S/C6H10O4/c7-3-1-2-4(8)6(10)5(3)9/h1-10H/t3-,4-,5-,6-/m0/s1. The van der Waals surface area contributed by atoms with E-state index in [1.807, 2.05) is 0 Å². The van der Waals surface area contributed by atoms with Crippen LogP contribution in [0.2, 0.25) is 0 Å². The quantitative estimate of drug-likeness (QED) is 0.298. The highest BCUT2D eigenvalue weighted by Gasteiger charge is 2.31. The summed E-state index contributed by atoms with van der Waals surface area (Å²) in [6.45, 7) is 0. The Morgan fingerprint density at radius 3 is 1.30 bits per heavy atom. The molecule has 0 saturated carbocycles. The van der Waals surface area contributed by atoms with E-state index >= 15 is 0 Å². The maximum atomic E-state index is 8.91. The van der Waals surface area contributed by atoms with Crippen molar-refractivity contribution in [3.63, 3.8) is 0 Å². The Bertz CT molecular complexity index is 129. The van der Waals surface area contributed by atoms with E-state index in [1.54, 1.807) is 0 Å². The zero-order chi connectivity index (χ0) is 7.72. The van der Waals surface area contributed by atoms with Gasteiger partial charge in [0.1, 0.15) is 24.4 Å². The maximum absolute atomic E-state index is 8.91. The molecule has 0 fully saturated rings. The highest BCUT2D eigenvalue weighted by Crippen LogP contribution is 2.12. The van der Waals surface area contributed by atoms with Crippen molar-refractivity contribution >= 4 is 0 Å². The predicted molar refractivity (Wildman–Crippen MR) is 33.2 cm³/mol. The van der Waals surface area contributed by atoms with Crippen LogP contribution in [-0.2, 0) is 0 Å². The molecule has 0 spiro atoms. The van der Waals surface area contributed by atoms with Gasteiger partial charge >= 0.3 is 0 Å². The Hall–Kier alpha value is -0.420. The Balaban J connectivity index is 2.69. The molecule has 4 N–H and O–H groups in total. The maximum Gasteiger partial charge on any atom is 0.112 e. The van der Waals surface area contributed by atoms with E-state index in [4.69, 9.17) is 20.4 Å². The molecule has 0 unspecified atom stereocenters. The van der Waals surface area contributed by atoms with Crippen LogP contribution in [0.3, 0.4) is 0 Å². The summed E-state index contributed by atoms with van der Waals surface area (Å²) in [7, 11) is 0. The number of aliphatic hydroxyl groups excluding tert-OH is 4. The van der Waals surface area contributed by atoms with Crippen LogP contribution in [0.25, 0.3) is 0 Å². The predicted octanol–water partition coefficient (Wildman–Crippen LogP) is -2.00. The van der Waals surface area contributed by atoms with Gasteiger partial charge in [0.2, 0.25) is 0 Å². The highest BCUT2D eigenvalue weighted by atomic mass is 16.4. The first kappa shape index (κ1) is 7.68. The second-order valence-electron chi connectivity index (χ2n) is 2.35. The SMILES string of the molecule is O[C@@H]1[C@@H](O)[C@@H](O)C=C[C@@H]1O. The van der Waals surface area contributed by atoms with Crippen LogP contribution in [-0.4, -0.2) is 44.8 Å². The number of hydrogen-bond donors (Lipinski definition) is 4. The Morgan fingerprint density at radius 1 is 0.700 bits per heavy atom. The average Bonchev–Trinajstić information content (AvgIpc) is 1.93. The molecular formula is C6H10O4. The molecular weight excluding hydrogens is 136 g/mol. The van der Waals surface area contributed by atoms with Crippen molar-refractivity contribution in [2.45, 2.75) is 24.4 Å². The van der Waals surface area contributed by atoms with E-state index in [0.29, 0.717) is 0 Å². The van der Waals surface area contributed by atoms with Gasteiger partial charge in [0.05, 0.1) is 0 Å². The molecule has 0 saturated heterocycles. The van der Waals surface area contributed by atoms with Crippen molar-refractivity contribution in [2.24, 2.45) is 0 Å². The summed E-state index contributed by atoms with van der Waals surface area (Å²) in [6.07, 6.45) is -2.19. The third-order valence-corrected chi connectivity index (χ3v) is 1.56. The van der Waals surface area contributed by atoms with Crippen molar-refractivity contribution in [3.8, 4) is 0 Å². The van der Waals surface area contributed by atoms with Gasteiger partial charge < -0.3 is 20.4 Å². The molecule has 4 nitrogen and oxygen atoms in total. The van der Waals surface area contributed by atoms with E-state index in [0.717, 1.165) is 0 Å². The van der Waals surface area contributed by atoms with Gasteiger partial charge in [-0.3, -0.25) is 0 Å². The van der Waals surface area contributed by atoms with E-state index in [-0.39, 0.29) is 0 Å². The first-order chi connectivity index (χ1) is 4.63. The first-order valence-electron chi connectivity index (χ1n) is 3.03. The zero-order valence-corrected chi connectivity index (χ0v) is 5.25. The Labute approximate surface area is 58.0 Å². The normalized spacial score (nSPS) is 47.6. The van der Waals surface area contributed by atoms with Crippen molar-refractivity contribution in [3.05, 3.63) is 12.2 Å². The number of hydrogen-bond acceptors (Lipinski definition) is 4. The fourth-order valence-corrected chi connectivity index (χ4v) is 0.859. The van der Waals surface area contributed by atoms with E-state index in [9.17, 15) is 0 Å². The van der Waals surface area contributed by atoms with Crippen LogP contribution in [0.1, 0.15) is 0 Å². The van der Waals surface area contributed by atoms with Crippen LogP contribution in [0.4, 0.5) is 0 Å². The van der Waals surface area contributed by atoms with Gasteiger partial charge in [-0.15, -0.1) is 0 Å². The molecule has 0 radical (unpaired) electrons. The summed E-state index contributed by atoms with van der Waals surface area (Å²) in [5, 5.41) is 35.5. The molecule has 0 aromatic heterocycles. The molecule has 58 valence electrons. The Kier molecular flexibility index (Phi) is 2.05. The van der Waals surface area contributed by atoms with Crippen LogP contribution in [0.15, 0.2) is 12.2 Å². The third-order valence-electron chi connectivity index (χ3n) is 1.56. The van der Waals surface area contributed by atoms with Gasteiger partial charge in [-0.05, 0) is 0 Å². The van der Waals surface area contributed by atoms with Crippen molar-refractivity contribution < 1.29 is 20.4 Å². The molecule has 10 heavy (non-hydrogen) atoms. The molecule has 0 aliphatic heterocycles. The second kappa shape index (κ2) is 2.67. The van der Waals surface area contributed by atoms with Gasteiger partial charge in [-0.1, -0.05) is 12.2 Å². The van der Waals surface area contributed by atoms with Crippen molar-refractivity contribution in [2.75, 3.05) is 0 Å². The fourth-order valence-electron chi connectivity index (χ4n) is 0.859. The molecule has 4 heteroatoms. The topological polar surface area (TPSA) is 80.9 Å². The van der Waals surface area contributed by atoms with Crippen molar-refractivity contribution in [1.29, 1.82) is 0 Å². The first-order valence-corrected chi connectivity index (χ1v) is 3.03. The van der Waals surface area contributed by atoms with Gasteiger partial charge in [-0.25, -0.2) is 0 Å². The molecule has 0 amide bonds. The molecule has 0 bridgehead atoms. The van der Waals surface area contributed by atoms with Crippen LogP contribution in [0, 0.1) is 0 Å². The monoisotopic (exact) mass is 146 g/mol. The summed E-state index contributed by atoms with van der Waals surface area (Å²) in [6, 6.07) is 0. The summed E-state index contributed by atoms with van der Waals surface area (Å²) in [5.41, 5.74) is 0. The molecule has 0 aromatic carbocycles. The summed E-state index contributed by atoms with van der Waals surface area (Å²) in [4.78, 5) is 0. The lowest BCUT2D eigenvalue weighted by Gasteiger charge is -2.27. The third kappa shape index (κ3) is 1.19. The van der Waals surface area contributed by atoms with E-state index in [2.05, 4.69) is 0 Å². The molecule has 1 aliphatic rings. The number of aliphatic hydroxyl groups is 4. The minimum atomic E-state index is -1.28. The van der Waals surface area contributed by atoms with Gasteiger partial charge in [0.15, 0.2) is 0 Å². The lowest BCUT2D eigenvalue weighted by Crippen LogP contribution is -2.46. The Morgan fingerprint density at radius 2 is 1.00 bits per heavy atom. The average molecular weight is 146 g/mol. The van der Waals surface area contributed by atoms with E-state index in [1.165, 1.54) is 12.2 Å². The van der Waals surface area contributed by atoms with Gasteiger partial charge in [-0.2, -0.15) is 0 Å². The van der Waals surface area contributed by atoms with Crippen LogP contribution >= 0.6 is 0 Å². The lowest BCUT2D eigenvalue weighted by molar-refractivity contribution is -0.0884. The molecule has 0 aromatic rings. The van der Waals surface area contributed by atoms with E-state index < -0.39 is 24.4 Å². The largest absolute Gasteiger partial charge is 0.387 e. The van der Waals surface area contributed by atoms with Crippen LogP contribution < -0.4 is 0 Å². The lowest BCUT2D eigenvalue weighted by atomic mass is 9.97. The molecule has 0 heterocycles. The molecule has 4 atom stereocenters. The van der Waals surface area contributed by atoms with Crippen LogP contribution in [0.5, 0.6) is 0 Å². The summed E-state index contributed by atoms with van der Waals surface area (Å²) in [5.74, 6) is 0. The fraction of sp³-hybridized carbons (Fsp3) is 0.667. The summed E-state index contributed by atoms with van der Waals surface area (Å²) < 4.78 is 0. The second-order valence-corrected chi connectivity index (χ2v) is 2.35. The van der Waals surface area contributed by atoms with Crippen molar-refractivity contribution in [1.82, 2.24) is 0 Å². The molecule has 1 aliphatic carbocycles. The smallest absolute Gasteiger partial charge is 0.112 e. The number of rotatable bonds is 0. The van der Waals surface area contributed by atoms with Gasteiger partial charge in [0, 0.05) is 0 Å². The highest BCUT2D eigenvalue weighted by molar-refractivity contribution is 5.07. The minimum absolute atomic E-state index is 1.07. The zero-order valence-electron chi connectivity index (χ0n) is 5.25. The molecule has 1 rings (SSSR count). The minimum Gasteiger partial charge on any atom is -0.387 e. The summed E-state index contributed by atoms with van der Waals surface area (Å²) >= 11 is 0. The van der Waals surface area contributed by atoms with Gasteiger partial charge in [0.25, 0.3) is 0 Å².